The Hall–Kier alpha value is -0.780. The van der Waals surface area contributed by atoms with E-state index in [1.165, 1.54) is 76.2 Å². The van der Waals surface area contributed by atoms with Crippen molar-refractivity contribution < 1.29 is 0 Å². The first-order chi connectivity index (χ1) is 11.2. The zero-order chi connectivity index (χ0) is 16.1. The lowest BCUT2D eigenvalue weighted by atomic mass is 9.75. The number of benzene rings is 1. The third-order valence-electron chi connectivity index (χ3n) is 6.73. The van der Waals surface area contributed by atoms with Gasteiger partial charge in [0, 0.05) is 0 Å². The van der Waals surface area contributed by atoms with Crippen LogP contribution in [0.1, 0.15) is 82.3 Å². The van der Waals surface area contributed by atoms with E-state index in [1.54, 1.807) is 5.56 Å². The Morgan fingerprint density at radius 1 is 0.696 bits per heavy atom. The molecule has 0 atom stereocenters. The predicted octanol–water partition coefficient (Wildman–Crippen LogP) is 6.95. The fourth-order valence-electron chi connectivity index (χ4n) is 4.87. The van der Waals surface area contributed by atoms with Crippen LogP contribution in [0.15, 0.2) is 24.3 Å². The summed E-state index contributed by atoms with van der Waals surface area (Å²) in [7, 11) is 0. The van der Waals surface area contributed by atoms with Crippen LogP contribution in [0.25, 0.3) is 0 Å². The smallest absolute Gasteiger partial charge is 0.0250 e. The van der Waals surface area contributed by atoms with Crippen molar-refractivity contribution in [1.82, 2.24) is 0 Å². The van der Waals surface area contributed by atoms with Crippen molar-refractivity contribution in [3.63, 3.8) is 0 Å². The molecule has 0 bridgehead atoms. The molecule has 1 aromatic rings. The summed E-state index contributed by atoms with van der Waals surface area (Å²) in [6, 6.07) is 9.22. The summed E-state index contributed by atoms with van der Waals surface area (Å²) in [5.41, 5.74) is 2.94. The van der Waals surface area contributed by atoms with E-state index in [9.17, 15) is 0 Å². The summed E-state index contributed by atoms with van der Waals surface area (Å²) in [4.78, 5) is 0. The lowest BCUT2D eigenvalue weighted by Gasteiger charge is -2.31. The summed E-state index contributed by atoms with van der Waals surface area (Å²) >= 11 is 0. The van der Waals surface area contributed by atoms with Crippen LogP contribution >= 0.6 is 0 Å². The summed E-state index contributed by atoms with van der Waals surface area (Å²) in [5.74, 6) is 4.06. The molecular weight excluding hydrogens is 276 g/mol. The Bertz CT molecular complexity index is 441. The Morgan fingerprint density at radius 3 is 1.74 bits per heavy atom. The van der Waals surface area contributed by atoms with Crippen molar-refractivity contribution in [1.29, 1.82) is 0 Å². The molecule has 3 rings (SSSR count). The van der Waals surface area contributed by atoms with Gasteiger partial charge >= 0.3 is 0 Å². The molecule has 0 aromatic heterocycles. The second kappa shape index (κ2) is 8.36. The van der Waals surface area contributed by atoms with E-state index in [-0.39, 0.29) is 0 Å². The predicted molar refractivity (Wildman–Crippen MR) is 101 cm³/mol. The van der Waals surface area contributed by atoms with E-state index in [1.807, 2.05) is 0 Å². The van der Waals surface area contributed by atoms with E-state index in [4.69, 9.17) is 0 Å². The molecule has 2 fully saturated rings. The quantitative estimate of drug-likeness (QED) is 0.552. The third kappa shape index (κ3) is 5.37. The van der Waals surface area contributed by atoms with Crippen LogP contribution in [0.4, 0.5) is 0 Å². The van der Waals surface area contributed by atoms with Gasteiger partial charge < -0.3 is 0 Å². The first kappa shape index (κ1) is 17.1. The van der Waals surface area contributed by atoms with Gasteiger partial charge in [-0.3, -0.25) is 0 Å². The van der Waals surface area contributed by atoms with Crippen LogP contribution < -0.4 is 0 Å². The zero-order valence-electron chi connectivity index (χ0n) is 15.4. The molecule has 0 unspecified atom stereocenters. The van der Waals surface area contributed by atoms with Gasteiger partial charge in [0.1, 0.15) is 0 Å². The van der Waals surface area contributed by atoms with Crippen molar-refractivity contribution in [3.8, 4) is 0 Å². The highest BCUT2D eigenvalue weighted by atomic mass is 14.3. The maximum atomic E-state index is 2.44. The van der Waals surface area contributed by atoms with E-state index in [0.29, 0.717) is 0 Å². The van der Waals surface area contributed by atoms with Crippen LogP contribution in [0, 0.1) is 30.6 Å². The van der Waals surface area contributed by atoms with Gasteiger partial charge in [-0.2, -0.15) is 0 Å². The highest BCUT2D eigenvalue weighted by Crippen LogP contribution is 2.37. The maximum absolute atomic E-state index is 2.44. The first-order valence-electron chi connectivity index (χ1n) is 10.2. The molecule has 0 spiro atoms. The number of hydrogen-bond donors (Lipinski definition) is 0. The Balaban J connectivity index is 1.34. The summed E-state index contributed by atoms with van der Waals surface area (Å²) in [6.45, 7) is 4.62. The average molecular weight is 313 g/mol. The van der Waals surface area contributed by atoms with Gasteiger partial charge in [-0.15, -0.1) is 0 Å². The van der Waals surface area contributed by atoms with E-state index in [2.05, 4.69) is 38.1 Å². The highest BCUT2D eigenvalue weighted by Gasteiger charge is 2.23. The molecule has 0 radical (unpaired) electrons. The molecule has 0 heteroatoms. The van der Waals surface area contributed by atoms with Crippen LogP contribution in [-0.4, -0.2) is 0 Å². The Morgan fingerprint density at radius 2 is 1.17 bits per heavy atom. The van der Waals surface area contributed by atoms with Gasteiger partial charge in [-0.05, 0) is 55.4 Å². The fourth-order valence-corrected chi connectivity index (χ4v) is 4.87. The highest BCUT2D eigenvalue weighted by molar-refractivity contribution is 5.21. The molecular formula is C23H36. The third-order valence-corrected chi connectivity index (χ3v) is 6.73. The van der Waals surface area contributed by atoms with Gasteiger partial charge in [-0.25, -0.2) is 0 Å². The molecule has 0 N–H and O–H groups in total. The van der Waals surface area contributed by atoms with Crippen LogP contribution in [0.3, 0.4) is 0 Å². The van der Waals surface area contributed by atoms with E-state index in [0.717, 1.165) is 23.7 Å². The first-order valence-corrected chi connectivity index (χ1v) is 10.2. The molecule has 2 saturated carbocycles. The molecule has 0 saturated heterocycles. The van der Waals surface area contributed by atoms with Crippen molar-refractivity contribution in [2.45, 2.75) is 84.5 Å². The minimum atomic E-state index is 0.949. The summed E-state index contributed by atoms with van der Waals surface area (Å²) in [6.07, 6.45) is 16.3. The SMILES string of the molecule is Cc1ccc(CC2CCC(CCC3CCC(C)CC3)CC2)cc1. The Kier molecular flexibility index (Phi) is 6.20. The van der Waals surface area contributed by atoms with Crippen LogP contribution in [0.2, 0.25) is 0 Å². The van der Waals surface area contributed by atoms with E-state index >= 15 is 0 Å². The molecule has 0 amide bonds. The molecule has 0 heterocycles. The monoisotopic (exact) mass is 312 g/mol. The zero-order valence-corrected chi connectivity index (χ0v) is 15.4. The Labute approximate surface area is 144 Å². The minimum absolute atomic E-state index is 0.949. The van der Waals surface area contributed by atoms with Gasteiger partial charge in [0.25, 0.3) is 0 Å². The molecule has 1 aromatic carbocycles. The minimum Gasteiger partial charge on any atom is -0.0625 e. The number of rotatable bonds is 5. The molecule has 2 aliphatic carbocycles. The van der Waals surface area contributed by atoms with Gasteiger partial charge in [0.05, 0.1) is 0 Å². The standard InChI is InChI=1S/C23H36/c1-18-3-7-20(8-4-18)11-12-21-13-15-23(16-14-21)17-22-9-5-19(2)6-10-22/h5-6,9-10,18,20-21,23H,3-4,7-8,11-17H2,1-2H3. The van der Waals surface area contributed by atoms with Crippen molar-refractivity contribution in [2.75, 3.05) is 0 Å². The molecule has 23 heavy (non-hydrogen) atoms. The summed E-state index contributed by atoms with van der Waals surface area (Å²) < 4.78 is 0. The number of hydrogen-bond acceptors (Lipinski definition) is 0. The number of aryl methyl sites for hydroxylation is 1. The lowest BCUT2D eigenvalue weighted by Crippen LogP contribution is -2.18. The molecule has 128 valence electrons. The van der Waals surface area contributed by atoms with Crippen LogP contribution in [0.5, 0.6) is 0 Å². The fraction of sp³-hybridized carbons (Fsp3) is 0.739. The largest absolute Gasteiger partial charge is 0.0625 e. The second-order valence-corrected chi connectivity index (χ2v) is 8.78. The molecule has 2 aliphatic rings. The van der Waals surface area contributed by atoms with Crippen LogP contribution in [-0.2, 0) is 6.42 Å². The van der Waals surface area contributed by atoms with E-state index < -0.39 is 0 Å². The summed E-state index contributed by atoms with van der Waals surface area (Å²) in [5, 5.41) is 0. The van der Waals surface area contributed by atoms with Crippen molar-refractivity contribution in [3.05, 3.63) is 35.4 Å². The molecule has 0 aliphatic heterocycles. The van der Waals surface area contributed by atoms with Gasteiger partial charge in [0.15, 0.2) is 0 Å². The average Bonchev–Trinajstić information content (AvgIpc) is 2.58. The maximum Gasteiger partial charge on any atom is -0.0250 e. The topological polar surface area (TPSA) is 0 Å². The van der Waals surface area contributed by atoms with Crippen molar-refractivity contribution >= 4 is 0 Å². The second-order valence-electron chi connectivity index (χ2n) is 8.78. The van der Waals surface area contributed by atoms with Crippen molar-refractivity contribution in [2.24, 2.45) is 23.7 Å². The van der Waals surface area contributed by atoms with Gasteiger partial charge in [0.2, 0.25) is 0 Å². The van der Waals surface area contributed by atoms with Gasteiger partial charge in [-0.1, -0.05) is 88.1 Å². The lowest BCUT2D eigenvalue weighted by molar-refractivity contribution is 0.221. The normalized spacial score (nSPS) is 31.9. The molecule has 0 nitrogen and oxygen atoms in total.